The minimum absolute atomic E-state index is 0.0131. The molecule has 1 aromatic carbocycles. The van der Waals surface area contributed by atoms with E-state index in [4.69, 9.17) is 10.1 Å². The molecule has 29 heavy (non-hydrogen) atoms. The minimum atomic E-state index is -0.687. The second-order valence-corrected chi connectivity index (χ2v) is 8.79. The normalized spacial score (nSPS) is 22.9. The molecule has 7 heteroatoms. The fourth-order valence-electron chi connectivity index (χ4n) is 4.28. The topological polar surface area (TPSA) is 85.7 Å². The third-order valence-corrected chi connectivity index (χ3v) is 5.72. The van der Waals surface area contributed by atoms with Crippen molar-refractivity contribution in [1.82, 2.24) is 15.1 Å². The summed E-state index contributed by atoms with van der Waals surface area (Å²) in [5.41, 5.74) is 0.284. The van der Waals surface area contributed by atoms with Gasteiger partial charge in [0.25, 0.3) is 5.91 Å². The lowest BCUT2D eigenvalue weighted by Gasteiger charge is -2.33. The Morgan fingerprint density at radius 1 is 1.28 bits per heavy atom. The van der Waals surface area contributed by atoms with Crippen molar-refractivity contribution >= 4 is 18.0 Å². The molecule has 158 valence electrons. The van der Waals surface area contributed by atoms with Crippen molar-refractivity contribution in [3.05, 3.63) is 35.9 Å². The maximum absolute atomic E-state index is 12.9. The van der Waals surface area contributed by atoms with Crippen LogP contribution in [0.2, 0.25) is 0 Å². The number of hydrogen-bond acceptors (Lipinski definition) is 4. The molecule has 2 fully saturated rings. The van der Waals surface area contributed by atoms with Gasteiger partial charge in [-0.1, -0.05) is 44.2 Å². The maximum Gasteiger partial charge on any atom is 0.410 e. The molecule has 0 spiro atoms. The summed E-state index contributed by atoms with van der Waals surface area (Å²) in [7, 11) is 0. The number of piperidine rings is 1. The lowest BCUT2D eigenvalue weighted by atomic mass is 9.90. The molecule has 0 aliphatic carbocycles. The molecule has 0 radical (unpaired) electrons. The van der Waals surface area contributed by atoms with Gasteiger partial charge in [-0.05, 0) is 43.6 Å². The lowest BCUT2D eigenvalue weighted by Crippen LogP contribution is -2.46. The summed E-state index contributed by atoms with van der Waals surface area (Å²) in [5, 5.41) is 11.3. The summed E-state index contributed by atoms with van der Waals surface area (Å²) in [4.78, 5) is 28.5. The number of amides is 2. The van der Waals surface area contributed by atoms with E-state index in [9.17, 15) is 9.59 Å². The number of carbonyl (C=O) groups is 2. The molecule has 2 N–H and O–H groups in total. The van der Waals surface area contributed by atoms with Crippen LogP contribution in [0.3, 0.4) is 0 Å². The summed E-state index contributed by atoms with van der Waals surface area (Å²) in [5.74, 6) is 0.832. The Bertz CT molecular complexity index is 744. The van der Waals surface area contributed by atoms with E-state index in [1.54, 1.807) is 9.80 Å². The van der Waals surface area contributed by atoms with Crippen LogP contribution in [0.15, 0.2) is 30.3 Å². The van der Waals surface area contributed by atoms with E-state index in [2.05, 4.69) is 19.2 Å². The molecule has 2 aliphatic rings. The molecule has 2 aliphatic heterocycles. The largest absolute Gasteiger partial charge is 0.445 e. The number of guanidine groups is 1. The number of ether oxygens (including phenoxy) is 1. The number of likely N-dealkylation sites (tertiary alicyclic amines) is 1. The highest BCUT2D eigenvalue weighted by atomic mass is 16.6. The molecular weight excluding hydrogens is 368 g/mol. The molecular formula is C22H32N4O3. The fourth-order valence-corrected chi connectivity index (χ4v) is 4.28. The van der Waals surface area contributed by atoms with E-state index in [1.807, 2.05) is 37.3 Å². The van der Waals surface area contributed by atoms with Gasteiger partial charge in [0.05, 0.1) is 0 Å². The smallest absolute Gasteiger partial charge is 0.410 e. The van der Waals surface area contributed by atoms with E-state index in [-0.39, 0.29) is 30.5 Å². The predicted molar refractivity (Wildman–Crippen MR) is 111 cm³/mol. The number of hydrogen-bond donors (Lipinski definition) is 2. The lowest BCUT2D eigenvalue weighted by molar-refractivity contribution is -0.131. The zero-order valence-corrected chi connectivity index (χ0v) is 17.6. The molecule has 2 heterocycles. The Hall–Kier alpha value is -2.57. The van der Waals surface area contributed by atoms with Crippen LogP contribution in [0, 0.1) is 17.2 Å². The monoisotopic (exact) mass is 400 g/mol. The average Bonchev–Trinajstić information content (AvgIpc) is 2.89. The van der Waals surface area contributed by atoms with E-state index >= 15 is 0 Å². The van der Waals surface area contributed by atoms with Crippen molar-refractivity contribution in [2.75, 3.05) is 19.6 Å². The van der Waals surface area contributed by atoms with Gasteiger partial charge in [-0.15, -0.1) is 0 Å². The van der Waals surface area contributed by atoms with Gasteiger partial charge in [-0.25, -0.2) is 4.79 Å². The van der Waals surface area contributed by atoms with Gasteiger partial charge < -0.3 is 15.0 Å². The van der Waals surface area contributed by atoms with Crippen molar-refractivity contribution in [3.63, 3.8) is 0 Å². The second-order valence-electron chi connectivity index (χ2n) is 8.79. The SMILES string of the molecule is CC(C)CC1(C)NC(=N)N(CC2CCN(C(=O)OCc3ccccc3)CC2)C1=O. The first-order chi connectivity index (χ1) is 13.8. The van der Waals surface area contributed by atoms with Gasteiger partial charge in [-0.3, -0.25) is 15.1 Å². The van der Waals surface area contributed by atoms with Crippen LogP contribution in [0.4, 0.5) is 4.79 Å². The Balaban J connectivity index is 1.46. The average molecular weight is 401 g/mol. The van der Waals surface area contributed by atoms with Crippen LogP contribution in [0.5, 0.6) is 0 Å². The molecule has 7 nitrogen and oxygen atoms in total. The Morgan fingerprint density at radius 2 is 1.93 bits per heavy atom. The molecule has 0 saturated carbocycles. The predicted octanol–water partition coefficient (Wildman–Crippen LogP) is 3.21. The maximum atomic E-state index is 12.9. The number of rotatable bonds is 6. The standard InChI is InChI=1S/C22H32N4O3/c1-16(2)13-22(3)19(27)26(20(23)24-22)14-17-9-11-25(12-10-17)21(28)29-15-18-7-5-4-6-8-18/h4-8,16-17H,9-15H2,1-3H3,(H2,23,24). The molecule has 2 saturated heterocycles. The fraction of sp³-hybridized carbons (Fsp3) is 0.591. The first-order valence-corrected chi connectivity index (χ1v) is 10.4. The van der Waals surface area contributed by atoms with E-state index in [0.717, 1.165) is 18.4 Å². The number of nitrogens with zero attached hydrogens (tertiary/aromatic N) is 2. The number of carbonyl (C=O) groups excluding carboxylic acids is 2. The van der Waals surface area contributed by atoms with Crippen molar-refractivity contribution in [1.29, 1.82) is 5.41 Å². The van der Waals surface area contributed by atoms with Gasteiger partial charge in [0.15, 0.2) is 5.96 Å². The Morgan fingerprint density at radius 3 is 2.55 bits per heavy atom. The van der Waals surface area contributed by atoms with Gasteiger partial charge in [-0.2, -0.15) is 0 Å². The zero-order valence-electron chi connectivity index (χ0n) is 17.6. The van der Waals surface area contributed by atoms with Gasteiger partial charge in [0.1, 0.15) is 12.1 Å². The molecule has 1 atom stereocenters. The van der Waals surface area contributed by atoms with Crippen LogP contribution in [0.1, 0.15) is 45.6 Å². The van der Waals surface area contributed by atoms with Gasteiger partial charge >= 0.3 is 6.09 Å². The van der Waals surface area contributed by atoms with Crippen LogP contribution >= 0.6 is 0 Å². The summed E-state index contributed by atoms with van der Waals surface area (Å²) >= 11 is 0. The molecule has 3 rings (SSSR count). The van der Waals surface area contributed by atoms with E-state index in [1.165, 1.54) is 0 Å². The van der Waals surface area contributed by atoms with Gasteiger partial charge in [0, 0.05) is 19.6 Å². The van der Waals surface area contributed by atoms with Crippen LogP contribution in [0.25, 0.3) is 0 Å². The minimum Gasteiger partial charge on any atom is -0.445 e. The van der Waals surface area contributed by atoms with Crippen molar-refractivity contribution < 1.29 is 14.3 Å². The van der Waals surface area contributed by atoms with Gasteiger partial charge in [0.2, 0.25) is 0 Å². The third-order valence-electron chi connectivity index (χ3n) is 5.72. The summed E-state index contributed by atoms with van der Waals surface area (Å²) in [6.07, 6.45) is 2.02. The molecule has 2 amide bonds. The highest BCUT2D eigenvalue weighted by Gasteiger charge is 2.46. The molecule has 1 unspecified atom stereocenters. The highest BCUT2D eigenvalue weighted by Crippen LogP contribution is 2.27. The summed E-state index contributed by atoms with van der Waals surface area (Å²) in [6.45, 7) is 8.09. The Labute approximate surface area is 172 Å². The number of nitrogens with one attached hydrogen (secondary N) is 2. The summed E-state index contributed by atoms with van der Waals surface area (Å²) < 4.78 is 5.41. The second kappa shape index (κ2) is 8.84. The highest BCUT2D eigenvalue weighted by molar-refractivity contribution is 6.07. The Kier molecular flexibility index (Phi) is 6.45. The van der Waals surface area contributed by atoms with Crippen LogP contribution in [-0.2, 0) is 16.1 Å². The third kappa shape index (κ3) is 5.08. The molecule has 0 bridgehead atoms. The van der Waals surface area contributed by atoms with Crippen molar-refractivity contribution in [3.8, 4) is 0 Å². The van der Waals surface area contributed by atoms with Crippen LogP contribution in [-0.4, -0.2) is 52.9 Å². The van der Waals surface area contributed by atoms with E-state index in [0.29, 0.717) is 32.0 Å². The first-order valence-electron chi connectivity index (χ1n) is 10.4. The number of benzene rings is 1. The van der Waals surface area contributed by atoms with Crippen LogP contribution < -0.4 is 5.32 Å². The van der Waals surface area contributed by atoms with Crippen molar-refractivity contribution in [2.24, 2.45) is 11.8 Å². The zero-order chi connectivity index (χ0) is 21.0. The quantitative estimate of drug-likeness (QED) is 0.768. The van der Waals surface area contributed by atoms with E-state index < -0.39 is 5.54 Å². The van der Waals surface area contributed by atoms with Crippen molar-refractivity contribution in [2.45, 2.75) is 52.2 Å². The summed E-state index contributed by atoms with van der Waals surface area (Å²) in [6, 6.07) is 9.65. The molecule has 1 aromatic rings. The molecule has 0 aromatic heterocycles. The first kappa shape index (κ1) is 21.1.